The van der Waals surface area contributed by atoms with Crippen LogP contribution in [0.3, 0.4) is 0 Å². The fourth-order valence-corrected chi connectivity index (χ4v) is 2.96. The van der Waals surface area contributed by atoms with Gasteiger partial charge in [-0.1, -0.05) is 24.3 Å². The van der Waals surface area contributed by atoms with Gasteiger partial charge in [0.2, 0.25) is 11.8 Å². The zero-order valence-electron chi connectivity index (χ0n) is 11.3. The van der Waals surface area contributed by atoms with Crippen molar-refractivity contribution >= 4 is 29.5 Å². The van der Waals surface area contributed by atoms with E-state index in [9.17, 15) is 14.4 Å². The minimum atomic E-state index is -0.969. The largest absolute Gasteiger partial charge is 0.481 e. The number of benzene rings is 1. The Labute approximate surface area is 126 Å². The second kappa shape index (κ2) is 6.62. The van der Waals surface area contributed by atoms with E-state index in [2.05, 4.69) is 0 Å². The van der Waals surface area contributed by atoms with Crippen LogP contribution >= 0.6 is 11.8 Å². The monoisotopic (exact) mass is 308 g/mol. The van der Waals surface area contributed by atoms with E-state index in [0.717, 1.165) is 22.9 Å². The molecule has 1 aromatic carbocycles. The molecule has 2 rings (SSSR count). The Hall–Kier alpha value is -2.02. The van der Waals surface area contributed by atoms with Crippen LogP contribution in [0.2, 0.25) is 0 Å². The zero-order chi connectivity index (χ0) is 15.4. The van der Waals surface area contributed by atoms with E-state index in [-0.39, 0.29) is 17.4 Å². The Balaban J connectivity index is 2.11. The van der Waals surface area contributed by atoms with Crippen molar-refractivity contribution in [2.75, 3.05) is 11.5 Å². The van der Waals surface area contributed by atoms with Gasteiger partial charge in [0.1, 0.15) is 6.04 Å². The molecule has 0 fully saturated rings. The summed E-state index contributed by atoms with van der Waals surface area (Å²) in [5.74, 6) is -1.89. The van der Waals surface area contributed by atoms with E-state index in [1.54, 1.807) is 0 Å². The smallest absolute Gasteiger partial charge is 0.313 e. The van der Waals surface area contributed by atoms with Gasteiger partial charge in [0.25, 0.3) is 0 Å². The standard InChI is InChI=1S/C14H16N2O4S/c15-14(20)11-5-9-3-1-2-4-10(9)6-16(11)12(17)7-21-8-13(18)19/h1-4,11H,5-8H2,(H2,15,20)(H,18,19)/t11-/m0/s1. The molecule has 0 saturated heterocycles. The van der Waals surface area contributed by atoms with Crippen molar-refractivity contribution in [2.45, 2.75) is 19.0 Å². The number of carbonyl (C=O) groups is 3. The van der Waals surface area contributed by atoms with Crippen LogP contribution in [0.5, 0.6) is 0 Å². The van der Waals surface area contributed by atoms with Crippen LogP contribution in [0.25, 0.3) is 0 Å². The molecule has 0 aliphatic carbocycles. The van der Waals surface area contributed by atoms with E-state index in [1.165, 1.54) is 4.90 Å². The molecule has 0 bridgehead atoms. The average molecular weight is 308 g/mol. The first kappa shape index (κ1) is 15.4. The highest BCUT2D eigenvalue weighted by molar-refractivity contribution is 8.00. The van der Waals surface area contributed by atoms with Gasteiger partial charge in [0, 0.05) is 13.0 Å². The Morgan fingerprint density at radius 3 is 2.52 bits per heavy atom. The average Bonchev–Trinajstić information content (AvgIpc) is 2.45. The number of rotatable bonds is 5. The summed E-state index contributed by atoms with van der Waals surface area (Å²) in [6.07, 6.45) is 0.404. The molecule has 0 saturated carbocycles. The SMILES string of the molecule is NC(=O)[C@@H]1Cc2ccccc2CN1C(=O)CSCC(=O)O. The Bertz CT molecular complexity index is 576. The van der Waals surface area contributed by atoms with E-state index in [1.807, 2.05) is 24.3 Å². The number of primary amides is 1. The first-order chi connectivity index (χ1) is 9.99. The van der Waals surface area contributed by atoms with Gasteiger partial charge in [-0.2, -0.15) is 0 Å². The van der Waals surface area contributed by atoms with Gasteiger partial charge >= 0.3 is 5.97 Å². The lowest BCUT2D eigenvalue weighted by atomic mass is 9.93. The van der Waals surface area contributed by atoms with E-state index in [0.29, 0.717) is 13.0 Å². The molecule has 1 aromatic rings. The summed E-state index contributed by atoms with van der Waals surface area (Å²) >= 11 is 1.02. The molecule has 1 aliphatic heterocycles. The molecule has 2 amide bonds. The number of carboxylic acids is 1. The van der Waals surface area contributed by atoms with Crippen molar-refractivity contribution in [1.82, 2.24) is 4.90 Å². The van der Waals surface area contributed by atoms with Gasteiger partial charge in [0.15, 0.2) is 0 Å². The van der Waals surface area contributed by atoms with Crippen LogP contribution in [0.15, 0.2) is 24.3 Å². The molecule has 0 unspecified atom stereocenters. The van der Waals surface area contributed by atoms with Crippen LogP contribution in [0.1, 0.15) is 11.1 Å². The summed E-state index contributed by atoms with van der Waals surface area (Å²) in [6, 6.07) is 6.93. The van der Waals surface area contributed by atoms with E-state index < -0.39 is 17.9 Å². The molecule has 0 spiro atoms. The normalized spacial score (nSPS) is 17.1. The minimum absolute atomic E-state index is 0.0260. The highest BCUT2D eigenvalue weighted by Crippen LogP contribution is 2.24. The summed E-state index contributed by atoms with van der Waals surface area (Å²) in [4.78, 5) is 35.7. The highest BCUT2D eigenvalue weighted by atomic mass is 32.2. The van der Waals surface area contributed by atoms with Crippen molar-refractivity contribution in [1.29, 1.82) is 0 Å². The topological polar surface area (TPSA) is 101 Å². The quantitative estimate of drug-likeness (QED) is 0.811. The summed E-state index contributed by atoms with van der Waals surface area (Å²) in [5, 5.41) is 8.59. The van der Waals surface area contributed by atoms with Crippen molar-refractivity contribution < 1.29 is 19.5 Å². The second-order valence-electron chi connectivity index (χ2n) is 4.80. The molecule has 112 valence electrons. The summed E-state index contributed by atoms with van der Waals surface area (Å²) in [7, 11) is 0. The maximum Gasteiger partial charge on any atom is 0.313 e. The number of carboxylic acid groups (broad SMARTS) is 1. The van der Waals surface area contributed by atoms with Gasteiger partial charge in [-0.05, 0) is 11.1 Å². The third kappa shape index (κ3) is 3.75. The van der Waals surface area contributed by atoms with Crippen LogP contribution in [-0.4, -0.2) is 45.3 Å². The molecule has 21 heavy (non-hydrogen) atoms. The molecule has 1 atom stereocenters. The first-order valence-electron chi connectivity index (χ1n) is 6.44. The van der Waals surface area contributed by atoms with Crippen LogP contribution in [-0.2, 0) is 27.3 Å². The molecule has 0 radical (unpaired) electrons. The third-order valence-electron chi connectivity index (χ3n) is 3.35. The van der Waals surface area contributed by atoms with Crippen molar-refractivity contribution in [2.24, 2.45) is 5.73 Å². The lowest BCUT2D eigenvalue weighted by molar-refractivity contribution is -0.138. The fourth-order valence-electron chi connectivity index (χ4n) is 2.35. The molecule has 3 N–H and O–H groups in total. The van der Waals surface area contributed by atoms with Gasteiger partial charge in [-0.25, -0.2) is 0 Å². The number of fused-ring (bicyclic) bond motifs is 1. The van der Waals surface area contributed by atoms with Gasteiger partial charge < -0.3 is 15.7 Å². The molecule has 1 heterocycles. The predicted molar refractivity (Wildman–Crippen MR) is 78.6 cm³/mol. The second-order valence-corrected chi connectivity index (χ2v) is 5.78. The Kier molecular flexibility index (Phi) is 4.85. The van der Waals surface area contributed by atoms with E-state index >= 15 is 0 Å². The molecule has 6 nitrogen and oxygen atoms in total. The number of hydrogen-bond donors (Lipinski definition) is 2. The summed E-state index contributed by atoms with van der Waals surface area (Å²) in [5.41, 5.74) is 7.41. The van der Waals surface area contributed by atoms with Gasteiger partial charge in [-0.3, -0.25) is 14.4 Å². The molecule has 7 heteroatoms. The number of hydrogen-bond acceptors (Lipinski definition) is 4. The first-order valence-corrected chi connectivity index (χ1v) is 7.59. The number of thioether (sulfide) groups is 1. The van der Waals surface area contributed by atoms with Crippen LogP contribution in [0, 0.1) is 0 Å². The van der Waals surface area contributed by atoms with E-state index in [4.69, 9.17) is 10.8 Å². The lowest BCUT2D eigenvalue weighted by Crippen LogP contribution is -2.51. The molecular weight excluding hydrogens is 292 g/mol. The lowest BCUT2D eigenvalue weighted by Gasteiger charge is -2.35. The number of nitrogens with zero attached hydrogens (tertiary/aromatic N) is 1. The number of aliphatic carboxylic acids is 1. The summed E-state index contributed by atoms with van der Waals surface area (Å²) in [6.45, 7) is 0.330. The zero-order valence-corrected chi connectivity index (χ0v) is 12.1. The van der Waals surface area contributed by atoms with Crippen LogP contribution in [0.4, 0.5) is 0 Å². The number of nitrogens with two attached hydrogens (primary N) is 1. The third-order valence-corrected chi connectivity index (χ3v) is 4.25. The Morgan fingerprint density at radius 1 is 1.24 bits per heavy atom. The molecule has 0 aromatic heterocycles. The minimum Gasteiger partial charge on any atom is -0.481 e. The number of amides is 2. The fraction of sp³-hybridized carbons (Fsp3) is 0.357. The molecular formula is C14H16N2O4S. The maximum absolute atomic E-state index is 12.2. The van der Waals surface area contributed by atoms with Gasteiger partial charge in [0.05, 0.1) is 11.5 Å². The molecule has 1 aliphatic rings. The van der Waals surface area contributed by atoms with Crippen LogP contribution < -0.4 is 5.73 Å². The van der Waals surface area contributed by atoms with Crippen molar-refractivity contribution in [3.8, 4) is 0 Å². The van der Waals surface area contributed by atoms with Crippen molar-refractivity contribution in [3.05, 3.63) is 35.4 Å². The highest BCUT2D eigenvalue weighted by Gasteiger charge is 2.32. The number of carbonyl (C=O) groups excluding carboxylic acids is 2. The van der Waals surface area contributed by atoms with Crippen molar-refractivity contribution in [3.63, 3.8) is 0 Å². The Morgan fingerprint density at radius 2 is 1.90 bits per heavy atom. The predicted octanol–water partition coefficient (Wildman–Crippen LogP) is 0.243. The van der Waals surface area contributed by atoms with Gasteiger partial charge in [-0.15, -0.1) is 11.8 Å². The maximum atomic E-state index is 12.2. The summed E-state index contributed by atoms with van der Waals surface area (Å²) < 4.78 is 0.